The Labute approximate surface area is 95.2 Å². The molecular formula is C12H16N2O2. The highest BCUT2D eigenvalue weighted by Crippen LogP contribution is 2.22. The summed E-state index contributed by atoms with van der Waals surface area (Å²) in [4.78, 5) is 13.4. The molecule has 0 saturated carbocycles. The van der Waals surface area contributed by atoms with Crippen molar-refractivity contribution in [3.63, 3.8) is 0 Å². The summed E-state index contributed by atoms with van der Waals surface area (Å²) in [5.41, 5.74) is 1.14. The summed E-state index contributed by atoms with van der Waals surface area (Å²) in [5.74, 6) is 0. The van der Waals surface area contributed by atoms with Crippen molar-refractivity contribution in [2.45, 2.75) is 6.04 Å². The van der Waals surface area contributed by atoms with Crippen molar-refractivity contribution in [2.75, 3.05) is 26.7 Å². The van der Waals surface area contributed by atoms with Crippen LogP contribution in [-0.2, 0) is 4.74 Å². The summed E-state index contributed by atoms with van der Waals surface area (Å²) >= 11 is 0. The van der Waals surface area contributed by atoms with E-state index in [4.69, 9.17) is 4.74 Å². The molecule has 4 heteroatoms. The van der Waals surface area contributed by atoms with Gasteiger partial charge >= 0.3 is 6.09 Å². The number of ether oxygens (including phenoxy) is 1. The third kappa shape index (κ3) is 2.17. The first-order chi connectivity index (χ1) is 7.83. The number of carbonyl (C=O) groups excluding carboxylic acids is 1. The fourth-order valence-corrected chi connectivity index (χ4v) is 2.01. The maximum Gasteiger partial charge on any atom is 0.410 e. The lowest BCUT2D eigenvalue weighted by Crippen LogP contribution is -2.48. The smallest absolute Gasteiger partial charge is 0.410 e. The first kappa shape index (κ1) is 11.0. The third-order valence-corrected chi connectivity index (χ3v) is 2.84. The van der Waals surface area contributed by atoms with Crippen LogP contribution < -0.4 is 5.32 Å². The van der Waals surface area contributed by atoms with Gasteiger partial charge in [-0.15, -0.1) is 0 Å². The van der Waals surface area contributed by atoms with Crippen LogP contribution in [0.1, 0.15) is 11.6 Å². The standard InChI is InChI=1S/C12H16N2O2/c1-16-12(15)14-8-7-13-9-11(14)10-5-3-2-4-6-10/h2-6,11,13H,7-9H2,1H3. The number of rotatable bonds is 1. The Bertz CT molecular complexity index is 353. The number of amides is 1. The van der Waals surface area contributed by atoms with Crippen LogP contribution in [-0.4, -0.2) is 37.7 Å². The van der Waals surface area contributed by atoms with Gasteiger partial charge in [0.05, 0.1) is 13.2 Å². The molecular weight excluding hydrogens is 204 g/mol. The van der Waals surface area contributed by atoms with Crippen molar-refractivity contribution < 1.29 is 9.53 Å². The maximum absolute atomic E-state index is 11.6. The van der Waals surface area contributed by atoms with Crippen LogP contribution in [0.15, 0.2) is 30.3 Å². The van der Waals surface area contributed by atoms with E-state index in [9.17, 15) is 4.79 Å². The van der Waals surface area contributed by atoms with Crippen LogP contribution in [0.4, 0.5) is 4.79 Å². The van der Waals surface area contributed by atoms with Crippen LogP contribution in [0.3, 0.4) is 0 Å². The molecule has 1 saturated heterocycles. The van der Waals surface area contributed by atoms with Crippen LogP contribution >= 0.6 is 0 Å². The second-order valence-electron chi connectivity index (χ2n) is 3.79. The molecule has 1 atom stereocenters. The molecule has 2 rings (SSSR count). The summed E-state index contributed by atoms with van der Waals surface area (Å²) in [7, 11) is 1.42. The van der Waals surface area contributed by atoms with Crippen LogP contribution in [0, 0.1) is 0 Å². The Kier molecular flexibility index (Phi) is 3.41. The number of nitrogens with zero attached hydrogens (tertiary/aromatic N) is 1. The zero-order valence-corrected chi connectivity index (χ0v) is 9.35. The van der Waals surface area contributed by atoms with Crippen molar-refractivity contribution in [2.24, 2.45) is 0 Å². The van der Waals surface area contributed by atoms with Gasteiger partial charge in [0, 0.05) is 19.6 Å². The van der Waals surface area contributed by atoms with Crippen molar-refractivity contribution in [1.82, 2.24) is 10.2 Å². The maximum atomic E-state index is 11.6. The number of hydrogen-bond donors (Lipinski definition) is 1. The summed E-state index contributed by atoms with van der Waals surface area (Å²) < 4.78 is 4.80. The van der Waals surface area contributed by atoms with E-state index in [0.717, 1.165) is 18.7 Å². The highest BCUT2D eigenvalue weighted by Gasteiger charge is 2.28. The summed E-state index contributed by atoms with van der Waals surface area (Å²) in [6, 6.07) is 10.1. The molecule has 4 nitrogen and oxygen atoms in total. The summed E-state index contributed by atoms with van der Waals surface area (Å²) in [6.07, 6.45) is -0.254. The first-order valence-electron chi connectivity index (χ1n) is 5.43. The van der Waals surface area contributed by atoms with Gasteiger partial charge in [-0.25, -0.2) is 4.79 Å². The number of benzene rings is 1. The van der Waals surface area contributed by atoms with E-state index >= 15 is 0 Å². The lowest BCUT2D eigenvalue weighted by atomic mass is 10.0. The number of piperazine rings is 1. The Morgan fingerprint density at radius 1 is 1.44 bits per heavy atom. The topological polar surface area (TPSA) is 41.6 Å². The van der Waals surface area contributed by atoms with Gasteiger partial charge in [0.15, 0.2) is 0 Å². The normalized spacial score (nSPS) is 20.6. The molecule has 0 spiro atoms. The van der Waals surface area contributed by atoms with Gasteiger partial charge in [-0.2, -0.15) is 0 Å². The average Bonchev–Trinajstić information content (AvgIpc) is 2.39. The van der Waals surface area contributed by atoms with Crippen molar-refractivity contribution in [1.29, 1.82) is 0 Å². The average molecular weight is 220 g/mol. The molecule has 1 aliphatic heterocycles. The lowest BCUT2D eigenvalue weighted by molar-refractivity contribution is 0.0944. The minimum absolute atomic E-state index is 0.0717. The van der Waals surface area contributed by atoms with Crippen molar-refractivity contribution in [3.8, 4) is 0 Å². The van der Waals surface area contributed by atoms with Crippen molar-refractivity contribution >= 4 is 6.09 Å². The predicted molar refractivity (Wildman–Crippen MR) is 61.2 cm³/mol. The molecule has 1 heterocycles. The number of hydrogen-bond acceptors (Lipinski definition) is 3. The van der Waals surface area contributed by atoms with E-state index in [1.165, 1.54) is 7.11 Å². The second-order valence-corrected chi connectivity index (χ2v) is 3.79. The molecule has 1 amide bonds. The minimum Gasteiger partial charge on any atom is -0.453 e. The SMILES string of the molecule is COC(=O)N1CCNCC1c1ccccc1. The zero-order chi connectivity index (χ0) is 11.4. The fourth-order valence-electron chi connectivity index (χ4n) is 2.01. The van der Waals surface area contributed by atoms with Gasteiger partial charge in [-0.05, 0) is 5.56 Å². The Hall–Kier alpha value is -1.55. The molecule has 16 heavy (non-hydrogen) atoms. The largest absolute Gasteiger partial charge is 0.453 e. The minimum atomic E-state index is -0.254. The molecule has 1 aromatic rings. The van der Waals surface area contributed by atoms with E-state index in [1.54, 1.807) is 4.90 Å². The second kappa shape index (κ2) is 4.99. The van der Waals surface area contributed by atoms with Crippen molar-refractivity contribution in [3.05, 3.63) is 35.9 Å². The summed E-state index contributed by atoms with van der Waals surface area (Å²) in [6.45, 7) is 2.28. The summed E-state index contributed by atoms with van der Waals surface area (Å²) in [5, 5.41) is 3.29. The fraction of sp³-hybridized carbons (Fsp3) is 0.417. The Morgan fingerprint density at radius 2 is 2.19 bits per heavy atom. The molecule has 1 aromatic carbocycles. The number of methoxy groups -OCH3 is 1. The highest BCUT2D eigenvalue weighted by atomic mass is 16.5. The Morgan fingerprint density at radius 3 is 2.88 bits per heavy atom. The van der Waals surface area contributed by atoms with Gasteiger partial charge in [0.25, 0.3) is 0 Å². The van der Waals surface area contributed by atoms with E-state index in [1.807, 2.05) is 30.3 Å². The molecule has 1 fully saturated rings. The van der Waals surface area contributed by atoms with E-state index < -0.39 is 0 Å². The lowest BCUT2D eigenvalue weighted by Gasteiger charge is -2.35. The van der Waals surface area contributed by atoms with Crippen LogP contribution in [0.5, 0.6) is 0 Å². The number of nitrogens with one attached hydrogen (secondary N) is 1. The third-order valence-electron chi connectivity index (χ3n) is 2.84. The highest BCUT2D eigenvalue weighted by molar-refractivity contribution is 5.68. The quantitative estimate of drug-likeness (QED) is 0.777. The van der Waals surface area contributed by atoms with E-state index in [0.29, 0.717) is 6.54 Å². The molecule has 0 aromatic heterocycles. The van der Waals surface area contributed by atoms with E-state index in [2.05, 4.69) is 5.32 Å². The van der Waals surface area contributed by atoms with Gasteiger partial charge in [-0.1, -0.05) is 30.3 Å². The van der Waals surface area contributed by atoms with Gasteiger partial charge < -0.3 is 10.1 Å². The van der Waals surface area contributed by atoms with Crippen LogP contribution in [0.25, 0.3) is 0 Å². The molecule has 1 aliphatic rings. The molecule has 0 radical (unpaired) electrons. The van der Waals surface area contributed by atoms with Gasteiger partial charge in [0.2, 0.25) is 0 Å². The van der Waals surface area contributed by atoms with E-state index in [-0.39, 0.29) is 12.1 Å². The first-order valence-corrected chi connectivity index (χ1v) is 5.43. The predicted octanol–water partition coefficient (Wildman–Crippen LogP) is 1.40. The Balaban J connectivity index is 2.20. The number of carbonyl (C=O) groups is 1. The molecule has 86 valence electrons. The van der Waals surface area contributed by atoms with Crippen LogP contribution in [0.2, 0.25) is 0 Å². The zero-order valence-electron chi connectivity index (χ0n) is 9.35. The molecule has 1 N–H and O–H groups in total. The van der Waals surface area contributed by atoms with Gasteiger partial charge in [-0.3, -0.25) is 4.90 Å². The molecule has 0 aliphatic carbocycles. The molecule has 0 bridgehead atoms. The van der Waals surface area contributed by atoms with Gasteiger partial charge in [0.1, 0.15) is 0 Å². The monoisotopic (exact) mass is 220 g/mol. The molecule has 1 unspecified atom stereocenters.